The third-order valence-electron chi connectivity index (χ3n) is 2.80. The first-order chi connectivity index (χ1) is 9.52. The number of aliphatic hydroxyl groups excluding tert-OH is 1. The Hall–Kier alpha value is -2.34. The van der Waals surface area contributed by atoms with E-state index in [2.05, 4.69) is 4.98 Å². The van der Waals surface area contributed by atoms with Gasteiger partial charge in [0.2, 0.25) is 0 Å². The first kappa shape index (κ1) is 14.1. The van der Waals surface area contributed by atoms with Crippen LogP contribution in [0.15, 0.2) is 36.5 Å². The van der Waals surface area contributed by atoms with Gasteiger partial charge in [0.15, 0.2) is 11.6 Å². The topological polar surface area (TPSA) is 71.6 Å². The molecule has 2 aromatic rings. The number of anilines is 3. The molecule has 20 heavy (non-hydrogen) atoms. The summed E-state index contributed by atoms with van der Waals surface area (Å²) >= 11 is 0. The molecule has 0 amide bonds. The van der Waals surface area contributed by atoms with Gasteiger partial charge in [-0.05, 0) is 25.1 Å². The van der Waals surface area contributed by atoms with Crippen LogP contribution in [-0.2, 0) is 0 Å². The first-order valence-corrected chi connectivity index (χ1v) is 6.05. The number of halogens is 1. The summed E-state index contributed by atoms with van der Waals surface area (Å²) in [4.78, 5) is 5.69. The summed E-state index contributed by atoms with van der Waals surface area (Å²) in [5.74, 6) is 0.0908. The highest BCUT2D eigenvalue weighted by atomic mass is 19.1. The van der Waals surface area contributed by atoms with E-state index in [-0.39, 0.29) is 5.75 Å². The number of aromatic nitrogens is 1. The van der Waals surface area contributed by atoms with Crippen molar-refractivity contribution in [1.82, 2.24) is 4.98 Å². The van der Waals surface area contributed by atoms with E-state index < -0.39 is 12.0 Å². The quantitative estimate of drug-likeness (QED) is 0.839. The number of ether oxygens (including phenoxy) is 1. The van der Waals surface area contributed by atoms with Crippen LogP contribution in [0.4, 0.5) is 21.6 Å². The summed E-state index contributed by atoms with van der Waals surface area (Å²) in [7, 11) is 1.38. The summed E-state index contributed by atoms with van der Waals surface area (Å²) in [6.07, 6.45) is 0.681. The molecule has 106 valence electrons. The van der Waals surface area contributed by atoms with E-state index in [9.17, 15) is 9.50 Å². The van der Waals surface area contributed by atoms with Crippen LogP contribution in [0.5, 0.6) is 5.75 Å². The van der Waals surface area contributed by atoms with Gasteiger partial charge in [-0.25, -0.2) is 9.37 Å². The van der Waals surface area contributed by atoms with E-state index in [1.54, 1.807) is 25.3 Å². The molecule has 0 fully saturated rings. The molecule has 5 nitrogen and oxygen atoms in total. The van der Waals surface area contributed by atoms with Gasteiger partial charge in [0.1, 0.15) is 12.0 Å². The molecule has 0 radical (unpaired) electrons. The van der Waals surface area contributed by atoms with E-state index in [0.717, 1.165) is 0 Å². The Kier molecular flexibility index (Phi) is 4.05. The fourth-order valence-electron chi connectivity index (χ4n) is 1.90. The van der Waals surface area contributed by atoms with Crippen LogP contribution in [0.3, 0.4) is 0 Å². The molecule has 0 bridgehead atoms. The van der Waals surface area contributed by atoms with Gasteiger partial charge >= 0.3 is 0 Å². The molecular weight excluding hydrogens is 261 g/mol. The standard InChI is InChI=1S/C14H16FN3O2/c1-9(19)18(14-7-10(16)5-6-17-14)11-3-4-12(15)13(8-11)20-2/h3-9,19H,1-2H3,(H2,16,17). The zero-order chi connectivity index (χ0) is 14.7. The third-order valence-corrected chi connectivity index (χ3v) is 2.80. The Morgan fingerprint density at radius 1 is 1.35 bits per heavy atom. The monoisotopic (exact) mass is 277 g/mol. The smallest absolute Gasteiger partial charge is 0.165 e. The van der Waals surface area contributed by atoms with Crippen molar-refractivity contribution in [2.45, 2.75) is 13.2 Å². The van der Waals surface area contributed by atoms with Crippen molar-refractivity contribution >= 4 is 17.2 Å². The number of aliphatic hydroxyl groups is 1. The summed E-state index contributed by atoms with van der Waals surface area (Å²) in [6, 6.07) is 7.58. The maximum Gasteiger partial charge on any atom is 0.165 e. The van der Waals surface area contributed by atoms with Crippen LogP contribution in [0, 0.1) is 5.82 Å². The van der Waals surface area contributed by atoms with Gasteiger partial charge in [-0.1, -0.05) is 0 Å². The molecule has 1 atom stereocenters. The number of nitrogens with two attached hydrogens (primary N) is 1. The average Bonchev–Trinajstić information content (AvgIpc) is 2.40. The predicted molar refractivity (Wildman–Crippen MR) is 75.4 cm³/mol. The Morgan fingerprint density at radius 2 is 2.10 bits per heavy atom. The molecule has 6 heteroatoms. The molecule has 0 spiro atoms. The summed E-state index contributed by atoms with van der Waals surface area (Å²) in [5, 5.41) is 9.95. The molecule has 3 N–H and O–H groups in total. The average molecular weight is 277 g/mol. The Bertz CT molecular complexity index is 605. The Morgan fingerprint density at radius 3 is 2.70 bits per heavy atom. The van der Waals surface area contributed by atoms with Gasteiger partial charge in [0.25, 0.3) is 0 Å². The second kappa shape index (κ2) is 5.75. The number of rotatable bonds is 4. The maximum absolute atomic E-state index is 13.5. The van der Waals surface area contributed by atoms with Crippen LogP contribution in [0.25, 0.3) is 0 Å². The van der Waals surface area contributed by atoms with Gasteiger partial charge in [-0.15, -0.1) is 0 Å². The van der Waals surface area contributed by atoms with E-state index in [4.69, 9.17) is 10.5 Å². The number of methoxy groups -OCH3 is 1. The molecule has 0 saturated heterocycles. The summed E-state index contributed by atoms with van der Waals surface area (Å²) in [5.41, 5.74) is 6.80. The molecule has 1 aromatic heterocycles. The molecule has 1 heterocycles. The second-order valence-electron chi connectivity index (χ2n) is 4.27. The number of hydrogen-bond donors (Lipinski definition) is 2. The highest BCUT2D eigenvalue weighted by molar-refractivity contribution is 5.64. The molecule has 0 aliphatic heterocycles. The fraction of sp³-hybridized carbons (Fsp3) is 0.214. The fourth-order valence-corrected chi connectivity index (χ4v) is 1.90. The highest BCUT2D eigenvalue weighted by Crippen LogP contribution is 2.30. The van der Waals surface area contributed by atoms with Crippen molar-refractivity contribution in [3.05, 3.63) is 42.3 Å². The molecule has 1 aromatic carbocycles. The zero-order valence-corrected chi connectivity index (χ0v) is 11.2. The molecule has 0 saturated carbocycles. The Balaban J connectivity index is 2.49. The number of benzene rings is 1. The number of nitrogens with zero attached hydrogens (tertiary/aromatic N) is 2. The van der Waals surface area contributed by atoms with Gasteiger partial charge in [0, 0.05) is 29.7 Å². The van der Waals surface area contributed by atoms with Crippen molar-refractivity contribution in [3.63, 3.8) is 0 Å². The Labute approximate surface area is 116 Å². The lowest BCUT2D eigenvalue weighted by atomic mass is 10.2. The van der Waals surface area contributed by atoms with E-state index in [1.165, 1.54) is 30.2 Å². The SMILES string of the molecule is COc1cc(N(c2cc(N)ccn2)C(C)O)ccc1F. The molecule has 0 aliphatic carbocycles. The number of pyridine rings is 1. The zero-order valence-electron chi connectivity index (χ0n) is 11.2. The molecule has 1 unspecified atom stereocenters. The predicted octanol–water partition coefficient (Wildman–Crippen LogP) is 2.29. The van der Waals surface area contributed by atoms with E-state index >= 15 is 0 Å². The van der Waals surface area contributed by atoms with Crippen LogP contribution in [-0.4, -0.2) is 23.4 Å². The van der Waals surface area contributed by atoms with Crippen molar-refractivity contribution in [1.29, 1.82) is 0 Å². The minimum atomic E-state index is -0.862. The first-order valence-electron chi connectivity index (χ1n) is 6.05. The molecular formula is C14H16FN3O2. The third kappa shape index (κ3) is 2.80. The maximum atomic E-state index is 13.5. The van der Waals surface area contributed by atoms with Crippen molar-refractivity contribution in [2.75, 3.05) is 17.7 Å². The molecule has 0 aliphatic rings. The summed E-state index contributed by atoms with van der Waals surface area (Å²) < 4.78 is 18.4. The summed E-state index contributed by atoms with van der Waals surface area (Å²) in [6.45, 7) is 1.58. The minimum absolute atomic E-state index is 0.0945. The van der Waals surface area contributed by atoms with E-state index in [0.29, 0.717) is 17.2 Å². The van der Waals surface area contributed by atoms with Gasteiger partial charge in [-0.2, -0.15) is 0 Å². The van der Waals surface area contributed by atoms with Crippen molar-refractivity contribution < 1.29 is 14.2 Å². The van der Waals surface area contributed by atoms with E-state index in [1.807, 2.05) is 0 Å². The van der Waals surface area contributed by atoms with Crippen molar-refractivity contribution in [3.8, 4) is 5.75 Å². The normalized spacial score (nSPS) is 12.0. The van der Waals surface area contributed by atoms with Crippen LogP contribution >= 0.6 is 0 Å². The van der Waals surface area contributed by atoms with Crippen LogP contribution < -0.4 is 15.4 Å². The van der Waals surface area contributed by atoms with Gasteiger partial charge in [-0.3, -0.25) is 0 Å². The lowest BCUT2D eigenvalue weighted by Gasteiger charge is -2.27. The lowest BCUT2D eigenvalue weighted by Crippen LogP contribution is -2.28. The number of nitrogen functional groups attached to an aromatic ring is 1. The highest BCUT2D eigenvalue weighted by Gasteiger charge is 2.17. The molecule has 2 rings (SSSR count). The largest absolute Gasteiger partial charge is 0.494 e. The van der Waals surface area contributed by atoms with Gasteiger partial charge in [0.05, 0.1) is 7.11 Å². The number of hydrogen-bond acceptors (Lipinski definition) is 5. The lowest BCUT2D eigenvalue weighted by molar-refractivity contribution is 0.200. The van der Waals surface area contributed by atoms with Crippen LogP contribution in [0.2, 0.25) is 0 Å². The van der Waals surface area contributed by atoms with Crippen molar-refractivity contribution in [2.24, 2.45) is 0 Å². The second-order valence-corrected chi connectivity index (χ2v) is 4.27. The minimum Gasteiger partial charge on any atom is -0.494 e. The van der Waals surface area contributed by atoms with Crippen LogP contribution in [0.1, 0.15) is 6.92 Å². The van der Waals surface area contributed by atoms with Gasteiger partial charge < -0.3 is 20.5 Å².